The first-order valence-corrected chi connectivity index (χ1v) is 5.31. The molecule has 2 N–H and O–H groups in total. The van der Waals surface area contributed by atoms with Crippen LogP contribution < -0.4 is 10.6 Å². The van der Waals surface area contributed by atoms with Gasteiger partial charge >= 0.3 is 0 Å². The van der Waals surface area contributed by atoms with Crippen molar-refractivity contribution in [2.45, 2.75) is 39.3 Å². The van der Waals surface area contributed by atoms with E-state index in [2.05, 4.69) is 24.5 Å². The highest BCUT2D eigenvalue weighted by Crippen LogP contribution is 2.15. The Morgan fingerprint density at radius 3 is 2.79 bits per heavy atom. The van der Waals surface area contributed by atoms with Crippen molar-refractivity contribution in [1.29, 1.82) is 0 Å². The molecule has 1 amide bonds. The maximum Gasteiger partial charge on any atom is 0.243 e. The van der Waals surface area contributed by atoms with Crippen molar-refractivity contribution in [3.8, 4) is 0 Å². The number of allylic oxidation sites excluding steroid dienone is 1. The number of carbonyl (C=O) groups is 1. The Labute approximate surface area is 86.0 Å². The number of hydrogen-bond acceptors (Lipinski definition) is 2. The predicted octanol–water partition coefficient (Wildman–Crippen LogP) is 1.07. The summed E-state index contributed by atoms with van der Waals surface area (Å²) in [6.07, 6.45) is 4.47. The minimum absolute atomic E-state index is 0.0138. The van der Waals surface area contributed by atoms with Gasteiger partial charge < -0.3 is 10.6 Å². The lowest BCUT2D eigenvalue weighted by atomic mass is 9.89. The fourth-order valence-corrected chi connectivity index (χ4v) is 1.97. The first-order valence-electron chi connectivity index (χ1n) is 5.31. The van der Waals surface area contributed by atoms with Crippen LogP contribution in [-0.4, -0.2) is 24.5 Å². The normalized spacial score (nSPS) is 33.2. The van der Waals surface area contributed by atoms with E-state index in [1.165, 1.54) is 0 Å². The summed E-state index contributed by atoms with van der Waals surface area (Å²) in [5.41, 5.74) is 0. The van der Waals surface area contributed by atoms with Crippen molar-refractivity contribution in [2.24, 2.45) is 5.92 Å². The van der Waals surface area contributed by atoms with Crippen LogP contribution in [0.4, 0.5) is 0 Å². The highest BCUT2D eigenvalue weighted by molar-refractivity contribution is 5.87. The van der Waals surface area contributed by atoms with Gasteiger partial charge in [0.2, 0.25) is 5.91 Å². The van der Waals surface area contributed by atoms with Crippen molar-refractivity contribution in [3.05, 3.63) is 12.2 Å². The van der Waals surface area contributed by atoms with E-state index in [1.54, 1.807) is 12.2 Å². The van der Waals surface area contributed by atoms with Crippen LogP contribution in [0.1, 0.15) is 27.2 Å². The average molecular weight is 196 g/mol. The van der Waals surface area contributed by atoms with Crippen LogP contribution in [-0.2, 0) is 4.79 Å². The third kappa shape index (κ3) is 2.84. The molecular formula is C11H20N2O. The zero-order valence-electron chi connectivity index (χ0n) is 9.21. The summed E-state index contributed by atoms with van der Waals surface area (Å²) in [6, 6.07) is 0.625. The van der Waals surface area contributed by atoms with Crippen molar-refractivity contribution < 1.29 is 4.79 Å². The van der Waals surface area contributed by atoms with Crippen molar-refractivity contribution in [1.82, 2.24) is 10.6 Å². The Hall–Kier alpha value is -0.830. The molecule has 0 radical (unpaired) electrons. The number of hydrogen-bond donors (Lipinski definition) is 2. The Balaban J connectivity index is 2.51. The van der Waals surface area contributed by atoms with Gasteiger partial charge in [0.25, 0.3) is 0 Å². The van der Waals surface area contributed by atoms with Crippen molar-refractivity contribution in [2.75, 3.05) is 6.54 Å². The van der Waals surface area contributed by atoms with Crippen LogP contribution in [0.25, 0.3) is 0 Å². The van der Waals surface area contributed by atoms with Gasteiger partial charge in [0, 0.05) is 12.1 Å². The molecule has 3 unspecified atom stereocenters. The minimum atomic E-state index is 0.0138. The lowest BCUT2D eigenvalue weighted by Gasteiger charge is -2.35. The molecule has 14 heavy (non-hydrogen) atoms. The lowest BCUT2D eigenvalue weighted by Crippen LogP contribution is -2.55. The van der Waals surface area contributed by atoms with Gasteiger partial charge in [-0.3, -0.25) is 4.79 Å². The quantitative estimate of drug-likeness (QED) is 0.649. The van der Waals surface area contributed by atoms with Gasteiger partial charge in [-0.15, -0.1) is 0 Å². The third-order valence-corrected chi connectivity index (χ3v) is 2.84. The summed E-state index contributed by atoms with van der Waals surface area (Å²) >= 11 is 0. The largest absolute Gasteiger partial charge is 0.348 e. The molecule has 0 aromatic heterocycles. The molecule has 0 bridgehead atoms. The molecular weight excluding hydrogens is 176 g/mol. The SMILES string of the molecule is C/C=C/C(=O)NC1C(C)CCNC1C. The molecule has 1 saturated heterocycles. The number of carbonyl (C=O) groups excluding carboxylic acids is 1. The zero-order valence-corrected chi connectivity index (χ0v) is 9.21. The van der Waals surface area contributed by atoms with E-state index in [-0.39, 0.29) is 11.9 Å². The topological polar surface area (TPSA) is 41.1 Å². The summed E-state index contributed by atoms with van der Waals surface area (Å²) in [6.45, 7) is 7.22. The predicted molar refractivity (Wildman–Crippen MR) is 58.0 cm³/mol. The van der Waals surface area contributed by atoms with Gasteiger partial charge in [-0.2, -0.15) is 0 Å². The Bertz CT molecular complexity index is 215. The summed E-state index contributed by atoms with van der Waals surface area (Å²) in [5, 5.41) is 6.40. The van der Waals surface area contributed by atoms with E-state index >= 15 is 0 Å². The molecule has 1 rings (SSSR count). The van der Waals surface area contributed by atoms with E-state index in [4.69, 9.17) is 0 Å². The fraction of sp³-hybridized carbons (Fsp3) is 0.727. The number of nitrogens with one attached hydrogen (secondary N) is 2. The van der Waals surface area contributed by atoms with E-state index < -0.39 is 0 Å². The molecule has 0 aromatic rings. The minimum Gasteiger partial charge on any atom is -0.348 e. The monoisotopic (exact) mass is 196 g/mol. The van der Waals surface area contributed by atoms with Crippen LogP contribution in [0, 0.1) is 5.92 Å². The second kappa shape index (κ2) is 5.15. The van der Waals surface area contributed by atoms with Gasteiger partial charge in [0.15, 0.2) is 0 Å². The summed E-state index contributed by atoms with van der Waals surface area (Å²) in [7, 11) is 0. The Morgan fingerprint density at radius 2 is 2.21 bits per heavy atom. The lowest BCUT2D eigenvalue weighted by molar-refractivity contribution is -0.117. The van der Waals surface area contributed by atoms with Crippen LogP contribution in [0.2, 0.25) is 0 Å². The smallest absolute Gasteiger partial charge is 0.243 e. The van der Waals surface area contributed by atoms with Gasteiger partial charge in [-0.05, 0) is 38.8 Å². The molecule has 1 aliphatic heterocycles. The van der Waals surface area contributed by atoms with Crippen molar-refractivity contribution >= 4 is 5.91 Å². The molecule has 1 aliphatic rings. The van der Waals surface area contributed by atoms with E-state index in [9.17, 15) is 4.79 Å². The van der Waals surface area contributed by atoms with E-state index in [1.807, 2.05) is 6.92 Å². The summed E-state index contributed by atoms with van der Waals surface area (Å²) < 4.78 is 0. The van der Waals surface area contributed by atoms with Crippen molar-refractivity contribution in [3.63, 3.8) is 0 Å². The van der Waals surface area contributed by atoms with Crippen LogP contribution in [0.5, 0.6) is 0 Å². The second-order valence-electron chi connectivity index (χ2n) is 4.04. The van der Waals surface area contributed by atoms with Gasteiger partial charge in [0.05, 0.1) is 0 Å². The maximum absolute atomic E-state index is 11.4. The zero-order chi connectivity index (χ0) is 10.6. The molecule has 3 heteroatoms. The Morgan fingerprint density at radius 1 is 1.50 bits per heavy atom. The first kappa shape index (κ1) is 11.2. The summed E-state index contributed by atoms with van der Waals surface area (Å²) in [4.78, 5) is 11.4. The molecule has 0 spiro atoms. The molecule has 1 fully saturated rings. The number of rotatable bonds is 2. The molecule has 3 atom stereocenters. The number of piperidine rings is 1. The van der Waals surface area contributed by atoms with Gasteiger partial charge in [0.1, 0.15) is 0 Å². The molecule has 80 valence electrons. The molecule has 0 saturated carbocycles. The molecule has 0 aromatic carbocycles. The van der Waals surface area contributed by atoms with E-state index in [0.29, 0.717) is 12.0 Å². The molecule has 0 aliphatic carbocycles. The Kier molecular flexibility index (Phi) is 4.14. The number of amides is 1. The standard InChI is InChI=1S/C11H20N2O/c1-4-5-10(14)13-11-8(2)6-7-12-9(11)3/h4-5,8-9,11-12H,6-7H2,1-3H3,(H,13,14)/b5-4+. The molecule has 3 nitrogen and oxygen atoms in total. The molecule has 1 heterocycles. The fourth-order valence-electron chi connectivity index (χ4n) is 1.97. The van der Waals surface area contributed by atoms with Gasteiger partial charge in [-0.1, -0.05) is 13.0 Å². The average Bonchev–Trinajstić information content (AvgIpc) is 2.12. The first-order chi connectivity index (χ1) is 6.65. The highest BCUT2D eigenvalue weighted by Gasteiger charge is 2.27. The highest BCUT2D eigenvalue weighted by atomic mass is 16.1. The second-order valence-corrected chi connectivity index (χ2v) is 4.04. The summed E-state index contributed by atoms with van der Waals surface area (Å²) in [5.74, 6) is 0.570. The van der Waals surface area contributed by atoms with Crippen LogP contribution in [0.3, 0.4) is 0 Å². The van der Waals surface area contributed by atoms with Crippen LogP contribution >= 0.6 is 0 Å². The third-order valence-electron chi connectivity index (χ3n) is 2.84. The van der Waals surface area contributed by atoms with E-state index in [0.717, 1.165) is 13.0 Å². The van der Waals surface area contributed by atoms with Crippen LogP contribution in [0.15, 0.2) is 12.2 Å². The maximum atomic E-state index is 11.4. The van der Waals surface area contributed by atoms with Gasteiger partial charge in [-0.25, -0.2) is 0 Å².